The van der Waals surface area contributed by atoms with Gasteiger partial charge in [-0.2, -0.15) is 0 Å². The Bertz CT molecular complexity index is 351. The van der Waals surface area contributed by atoms with Crippen LogP contribution in [0.5, 0.6) is 0 Å². The lowest BCUT2D eigenvalue weighted by atomic mass is 10.1. The lowest BCUT2D eigenvalue weighted by molar-refractivity contribution is -0.119. The monoisotopic (exact) mass is 212 g/mol. The summed E-state index contributed by atoms with van der Waals surface area (Å²) in [5.74, 6) is -0.117. The van der Waals surface area contributed by atoms with Gasteiger partial charge in [-0.15, -0.1) is 0 Å². The van der Waals surface area contributed by atoms with Gasteiger partial charge in [-0.3, -0.25) is 4.79 Å². The van der Waals surface area contributed by atoms with E-state index in [0.29, 0.717) is 10.6 Å². The second-order valence-electron chi connectivity index (χ2n) is 3.62. The Balaban J connectivity index is 2.18. The smallest absolute Gasteiger partial charge is 0.140 e. The van der Waals surface area contributed by atoms with E-state index in [1.54, 1.807) is 12.1 Å². The zero-order chi connectivity index (χ0) is 10.1. The van der Waals surface area contributed by atoms with Crippen LogP contribution in [0.4, 0.5) is 4.39 Å². The molecule has 0 unspecified atom stereocenters. The van der Waals surface area contributed by atoms with Gasteiger partial charge in [-0.1, -0.05) is 17.7 Å². The fourth-order valence-electron chi connectivity index (χ4n) is 1.43. The first-order chi connectivity index (χ1) is 6.68. The van der Waals surface area contributed by atoms with Crippen LogP contribution < -0.4 is 0 Å². The molecule has 0 atom stereocenters. The first-order valence-corrected chi connectivity index (χ1v) is 5.02. The Kier molecular flexibility index (Phi) is 2.55. The maximum Gasteiger partial charge on any atom is 0.140 e. The van der Waals surface area contributed by atoms with Gasteiger partial charge in [0, 0.05) is 22.9 Å². The Morgan fingerprint density at radius 1 is 1.50 bits per heavy atom. The van der Waals surface area contributed by atoms with Gasteiger partial charge in [0.05, 0.1) is 0 Å². The Labute approximate surface area is 86.9 Å². The molecular weight excluding hydrogens is 203 g/mol. The molecule has 0 saturated heterocycles. The molecular formula is C11H10ClFO. The van der Waals surface area contributed by atoms with Crippen molar-refractivity contribution in [2.24, 2.45) is 5.92 Å². The normalized spacial score (nSPS) is 15.6. The molecule has 0 bridgehead atoms. The number of rotatable bonds is 3. The summed E-state index contributed by atoms with van der Waals surface area (Å²) in [5.41, 5.74) is 0.339. The van der Waals surface area contributed by atoms with Crippen LogP contribution in [-0.4, -0.2) is 5.78 Å². The van der Waals surface area contributed by atoms with E-state index in [1.165, 1.54) is 6.07 Å². The van der Waals surface area contributed by atoms with Gasteiger partial charge in [0.1, 0.15) is 11.6 Å². The van der Waals surface area contributed by atoms with Gasteiger partial charge in [0.2, 0.25) is 0 Å². The van der Waals surface area contributed by atoms with Crippen LogP contribution in [-0.2, 0) is 11.2 Å². The quantitative estimate of drug-likeness (QED) is 0.753. The average Bonchev–Trinajstić information content (AvgIpc) is 2.94. The predicted octanol–water partition coefficient (Wildman–Crippen LogP) is 3.00. The van der Waals surface area contributed by atoms with Crippen LogP contribution in [0.15, 0.2) is 18.2 Å². The Hall–Kier alpha value is -0.890. The Morgan fingerprint density at radius 3 is 2.79 bits per heavy atom. The minimum atomic E-state index is -0.383. The topological polar surface area (TPSA) is 17.1 Å². The molecule has 1 fully saturated rings. The molecule has 0 radical (unpaired) electrons. The number of benzene rings is 1. The van der Waals surface area contributed by atoms with Crippen molar-refractivity contribution in [2.45, 2.75) is 19.3 Å². The molecule has 14 heavy (non-hydrogen) atoms. The molecule has 1 aromatic carbocycles. The van der Waals surface area contributed by atoms with Crippen molar-refractivity contribution in [1.82, 2.24) is 0 Å². The van der Waals surface area contributed by atoms with Gasteiger partial charge in [0.15, 0.2) is 0 Å². The van der Waals surface area contributed by atoms with Crippen LogP contribution in [0, 0.1) is 11.7 Å². The van der Waals surface area contributed by atoms with Crippen LogP contribution in [0.2, 0.25) is 5.02 Å². The lowest BCUT2D eigenvalue weighted by Gasteiger charge is -2.03. The van der Waals surface area contributed by atoms with Crippen molar-refractivity contribution < 1.29 is 9.18 Å². The molecule has 0 spiro atoms. The first-order valence-electron chi connectivity index (χ1n) is 4.64. The summed E-state index contributed by atoms with van der Waals surface area (Å²) in [4.78, 5) is 11.5. The number of carbonyl (C=O) groups excluding carboxylic acids is 1. The minimum absolute atomic E-state index is 0.108. The van der Waals surface area contributed by atoms with E-state index in [-0.39, 0.29) is 23.9 Å². The highest BCUT2D eigenvalue weighted by Gasteiger charge is 2.30. The summed E-state index contributed by atoms with van der Waals surface area (Å²) in [5, 5.41) is 0.346. The predicted molar refractivity (Wildman–Crippen MR) is 52.8 cm³/mol. The van der Waals surface area contributed by atoms with Crippen molar-refractivity contribution in [2.75, 3.05) is 0 Å². The molecule has 2 rings (SSSR count). The van der Waals surface area contributed by atoms with Crippen LogP contribution in [0.1, 0.15) is 18.4 Å². The fraction of sp³-hybridized carbons (Fsp3) is 0.364. The number of carbonyl (C=O) groups is 1. The van der Waals surface area contributed by atoms with Gasteiger partial charge >= 0.3 is 0 Å². The highest BCUT2D eigenvalue weighted by atomic mass is 35.5. The molecule has 0 amide bonds. The van der Waals surface area contributed by atoms with Crippen LogP contribution in [0.3, 0.4) is 0 Å². The largest absolute Gasteiger partial charge is 0.299 e. The van der Waals surface area contributed by atoms with Gasteiger partial charge in [0.25, 0.3) is 0 Å². The summed E-state index contributed by atoms with van der Waals surface area (Å²) < 4.78 is 13.3. The number of halogens is 2. The van der Waals surface area contributed by atoms with Crippen LogP contribution in [0.25, 0.3) is 0 Å². The maximum atomic E-state index is 13.3. The standard InChI is InChI=1S/C11H10ClFO/c12-9-2-1-3-10(13)8(9)6-11(14)7-4-5-7/h1-3,7H,4-6H2. The van der Waals surface area contributed by atoms with Gasteiger partial charge in [-0.05, 0) is 25.0 Å². The molecule has 1 aromatic rings. The second-order valence-corrected chi connectivity index (χ2v) is 4.02. The zero-order valence-electron chi connectivity index (χ0n) is 7.59. The summed E-state index contributed by atoms with van der Waals surface area (Å²) >= 11 is 5.81. The van der Waals surface area contributed by atoms with Crippen molar-refractivity contribution in [3.8, 4) is 0 Å². The summed E-state index contributed by atoms with van der Waals surface area (Å²) in [7, 11) is 0. The maximum absolute atomic E-state index is 13.3. The lowest BCUT2D eigenvalue weighted by Crippen LogP contribution is -2.06. The van der Waals surface area contributed by atoms with Gasteiger partial charge in [-0.25, -0.2) is 4.39 Å². The molecule has 0 N–H and O–H groups in total. The molecule has 74 valence electrons. The number of ketones is 1. The average molecular weight is 213 g/mol. The van der Waals surface area contributed by atoms with Crippen LogP contribution >= 0.6 is 11.6 Å². The van der Waals surface area contributed by atoms with E-state index in [4.69, 9.17) is 11.6 Å². The van der Waals surface area contributed by atoms with Crippen molar-refractivity contribution >= 4 is 17.4 Å². The third-order valence-electron chi connectivity index (χ3n) is 2.45. The van der Waals surface area contributed by atoms with Crippen molar-refractivity contribution in [3.63, 3.8) is 0 Å². The highest BCUT2D eigenvalue weighted by Crippen LogP contribution is 2.32. The number of hydrogen-bond acceptors (Lipinski definition) is 1. The Morgan fingerprint density at radius 2 is 2.21 bits per heavy atom. The third-order valence-corrected chi connectivity index (χ3v) is 2.80. The molecule has 1 saturated carbocycles. The summed E-state index contributed by atoms with van der Waals surface area (Å²) in [6, 6.07) is 4.49. The zero-order valence-corrected chi connectivity index (χ0v) is 8.35. The van der Waals surface area contributed by atoms with Gasteiger partial charge < -0.3 is 0 Å². The highest BCUT2D eigenvalue weighted by molar-refractivity contribution is 6.31. The molecule has 0 aromatic heterocycles. The van der Waals surface area contributed by atoms with Crippen molar-refractivity contribution in [3.05, 3.63) is 34.6 Å². The SMILES string of the molecule is O=C(Cc1c(F)cccc1Cl)C1CC1. The first kappa shape index (κ1) is 9.66. The molecule has 0 aliphatic heterocycles. The van der Waals surface area contributed by atoms with E-state index >= 15 is 0 Å². The number of hydrogen-bond donors (Lipinski definition) is 0. The molecule has 1 nitrogen and oxygen atoms in total. The molecule has 0 heterocycles. The van der Waals surface area contributed by atoms with E-state index in [1.807, 2.05) is 0 Å². The van der Waals surface area contributed by atoms with E-state index in [2.05, 4.69) is 0 Å². The van der Waals surface area contributed by atoms with E-state index in [0.717, 1.165) is 12.8 Å². The van der Waals surface area contributed by atoms with E-state index < -0.39 is 0 Å². The van der Waals surface area contributed by atoms with E-state index in [9.17, 15) is 9.18 Å². The minimum Gasteiger partial charge on any atom is -0.299 e. The van der Waals surface area contributed by atoms with Crippen molar-refractivity contribution in [1.29, 1.82) is 0 Å². The number of Topliss-reactive ketones (excluding diaryl/α,β-unsaturated/α-hetero) is 1. The molecule has 1 aliphatic rings. The third kappa shape index (κ3) is 1.95. The second kappa shape index (κ2) is 3.70. The summed E-state index contributed by atoms with van der Waals surface area (Å²) in [6.45, 7) is 0. The molecule has 3 heteroatoms. The summed E-state index contributed by atoms with van der Waals surface area (Å²) in [6.07, 6.45) is 2.03. The molecule has 1 aliphatic carbocycles. The fourth-order valence-corrected chi connectivity index (χ4v) is 1.65.